The third-order valence-corrected chi connectivity index (χ3v) is 6.68. The van der Waals surface area contributed by atoms with Crippen LogP contribution >= 0.6 is 0 Å². The van der Waals surface area contributed by atoms with Gasteiger partial charge >= 0.3 is 0 Å². The fourth-order valence-corrected chi connectivity index (χ4v) is 4.80. The van der Waals surface area contributed by atoms with Crippen molar-refractivity contribution in [1.29, 1.82) is 0 Å². The molecular formula is C27H32FN7O3. The fourth-order valence-electron chi connectivity index (χ4n) is 4.80. The lowest BCUT2D eigenvalue weighted by molar-refractivity contribution is 0.140. The van der Waals surface area contributed by atoms with Crippen LogP contribution in [-0.2, 0) is 6.42 Å². The number of nitrogens with two attached hydrogens (primary N) is 2. The minimum absolute atomic E-state index is 0.00166. The fraction of sp³-hybridized carbons (Fsp3) is 0.333. The monoisotopic (exact) mass is 521 g/mol. The number of benzene rings is 2. The van der Waals surface area contributed by atoms with E-state index in [2.05, 4.69) is 38.1 Å². The van der Waals surface area contributed by atoms with Gasteiger partial charge in [-0.15, -0.1) is 0 Å². The van der Waals surface area contributed by atoms with Crippen molar-refractivity contribution >= 4 is 34.9 Å². The number of nitrogens with one attached hydrogen (secondary N) is 3. The van der Waals surface area contributed by atoms with Crippen LogP contribution in [0.15, 0.2) is 36.5 Å². The van der Waals surface area contributed by atoms with Crippen LogP contribution < -0.4 is 32.2 Å². The van der Waals surface area contributed by atoms with Crippen LogP contribution in [-0.4, -0.2) is 45.4 Å². The number of hydrogen-bond acceptors (Lipinski definition) is 10. The number of phenolic OH excluding ortho intramolecular Hbond substituents is 2. The third-order valence-electron chi connectivity index (χ3n) is 6.68. The van der Waals surface area contributed by atoms with Crippen molar-refractivity contribution in [3.05, 3.63) is 53.5 Å². The molecule has 0 saturated heterocycles. The average molecular weight is 522 g/mol. The Bertz CT molecular complexity index is 1350. The summed E-state index contributed by atoms with van der Waals surface area (Å²) >= 11 is 0. The summed E-state index contributed by atoms with van der Waals surface area (Å²) in [5.41, 5.74) is 15.8. The summed E-state index contributed by atoms with van der Waals surface area (Å²) in [6.07, 6.45) is 8.86. The van der Waals surface area contributed by atoms with E-state index in [0.717, 1.165) is 54.4 Å². The lowest BCUT2D eigenvalue weighted by atomic mass is 9.93. The summed E-state index contributed by atoms with van der Waals surface area (Å²) in [6, 6.07) is 6.78. The number of nitrogens with zero attached hydrogens (tertiary/aromatic N) is 2. The number of rotatable bonds is 9. The highest BCUT2D eigenvalue weighted by molar-refractivity contribution is 5.77. The number of aromatic nitrogens is 2. The Balaban J connectivity index is 1.41. The minimum atomic E-state index is -0.695. The largest absolute Gasteiger partial charge is 0.504 e. The third kappa shape index (κ3) is 5.58. The van der Waals surface area contributed by atoms with Crippen molar-refractivity contribution in [1.82, 2.24) is 9.97 Å². The van der Waals surface area contributed by atoms with E-state index in [4.69, 9.17) is 16.2 Å². The van der Waals surface area contributed by atoms with E-state index in [-0.39, 0.29) is 41.1 Å². The zero-order valence-corrected chi connectivity index (χ0v) is 20.9. The Morgan fingerprint density at radius 2 is 2.00 bits per heavy atom. The summed E-state index contributed by atoms with van der Waals surface area (Å²) in [5.74, 6) is -1.40. The molecule has 1 heterocycles. The second-order valence-corrected chi connectivity index (χ2v) is 9.53. The predicted octanol–water partition coefficient (Wildman–Crippen LogP) is 4.10. The smallest absolute Gasteiger partial charge is 0.229 e. The van der Waals surface area contributed by atoms with E-state index in [0.29, 0.717) is 19.5 Å². The summed E-state index contributed by atoms with van der Waals surface area (Å²) in [6.45, 7) is 1.12. The van der Waals surface area contributed by atoms with Gasteiger partial charge < -0.3 is 42.4 Å². The Morgan fingerprint density at radius 1 is 1.13 bits per heavy atom. The molecule has 2 aliphatic carbocycles. The van der Waals surface area contributed by atoms with E-state index in [9.17, 15) is 14.6 Å². The van der Waals surface area contributed by atoms with Crippen molar-refractivity contribution in [2.75, 3.05) is 29.0 Å². The van der Waals surface area contributed by atoms with Crippen molar-refractivity contribution in [3.8, 4) is 17.2 Å². The molecule has 0 bridgehead atoms. The van der Waals surface area contributed by atoms with Gasteiger partial charge in [-0.1, -0.05) is 12.2 Å². The van der Waals surface area contributed by atoms with Crippen LogP contribution in [0, 0.1) is 5.82 Å². The van der Waals surface area contributed by atoms with Crippen molar-refractivity contribution in [2.45, 2.75) is 44.2 Å². The van der Waals surface area contributed by atoms with Crippen LogP contribution in [0.25, 0.3) is 6.08 Å². The molecule has 9 N–H and O–H groups in total. The molecule has 5 rings (SSSR count). The maximum absolute atomic E-state index is 14.8. The van der Waals surface area contributed by atoms with Crippen LogP contribution in [0.5, 0.6) is 17.2 Å². The Hall–Kier alpha value is -4.09. The summed E-state index contributed by atoms with van der Waals surface area (Å²) < 4.78 is 20.9. The molecule has 1 aromatic heterocycles. The molecule has 3 aromatic rings. The second kappa shape index (κ2) is 11.1. The molecule has 0 spiro atoms. The van der Waals surface area contributed by atoms with Gasteiger partial charge in [0.2, 0.25) is 11.7 Å². The van der Waals surface area contributed by atoms with Gasteiger partial charge in [-0.2, -0.15) is 4.98 Å². The van der Waals surface area contributed by atoms with Gasteiger partial charge in [-0.3, -0.25) is 0 Å². The molecule has 2 atom stereocenters. The molecule has 200 valence electrons. The minimum Gasteiger partial charge on any atom is -0.504 e. The SMILES string of the molecule is NCCNc1cc2c(c(Nc3ncc(F)c(Nc4ccc(O)c(O)c4O[C@@H]4CCC[C@H](N)C4)n3)c1)CC=C2. The zero-order valence-electron chi connectivity index (χ0n) is 20.9. The first kappa shape index (κ1) is 25.6. The highest BCUT2D eigenvalue weighted by Crippen LogP contribution is 2.44. The predicted molar refractivity (Wildman–Crippen MR) is 146 cm³/mol. The number of phenols is 2. The number of allylic oxidation sites excluding steroid dienone is 1. The molecule has 0 aliphatic heterocycles. The number of anilines is 5. The first-order valence-corrected chi connectivity index (χ1v) is 12.7. The van der Waals surface area contributed by atoms with E-state index < -0.39 is 11.6 Å². The van der Waals surface area contributed by atoms with Crippen molar-refractivity contribution in [2.24, 2.45) is 11.5 Å². The van der Waals surface area contributed by atoms with Gasteiger partial charge in [0.15, 0.2) is 23.1 Å². The van der Waals surface area contributed by atoms with Crippen LogP contribution in [0.2, 0.25) is 0 Å². The number of ether oxygens (including phenoxy) is 1. The van der Waals surface area contributed by atoms with Crippen molar-refractivity contribution in [3.63, 3.8) is 0 Å². The quantitative estimate of drug-likeness (QED) is 0.161. The molecule has 0 unspecified atom stereocenters. The van der Waals surface area contributed by atoms with E-state index in [1.807, 2.05) is 12.1 Å². The summed E-state index contributed by atoms with van der Waals surface area (Å²) in [4.78, 5) is 8.46. The molecule has 1 saturated carbocycles. The van der Waals surface area contributed by atoms with Gasteiger partial charge in [-0.05, 0) is 67.5 Å². The van der Waals surface area contributed by atoms with Gasteiger partial charge in [0.25, 0.3) is 0 Å². The molecule has 2 aromatic carbocycles. The summed E-state index contributed by atoms with van der Waals surface area (Å²) in [5, 5.41) is 30.0. The Morgan fingerprint density at radius 3 is 2.82 bits per heavy atom. The van der Waals surface area contributed by atoms with Gasteiger partial charge in [0.1, 0.15) is 6.10 Å². The number of aromatic hydroxyl groups is 2. The summed E-state index contributed by atoms with van der Waals surface area (Å²) in [7, 11) is 0. The normalized spacial score (nSPS) is 18.2. The lowest BCUT2D eigenvalue weighted by Gasteiger charge is -2.28. The maximum atomic E-state index is 14.8. The highest BCUT2D eigenvalue weighted by Gasteiger charge is 2.25. The number of halogens is 1. The van der Waals surface area contributed by atoms with E-state index in [1.54, 1.807) is 0 Å². The Kier molecular flexibility index (Phi) is 7.47. The average Bonchev–Trinajstić information content (AvgIpc) is 3.38. The van der Waals surface area contributed by atoms with Crippen LogP contribution in [0.1, 0.15) is 36.8 Å². The van der Waals surface area contributed by atoms with Crippen LogP contribution in [0.4, 0.5) is 33.2 Å². The topological polar surface area (TPSA) is 164 Å². The highest BCUT2D eigenvalue weighted by atomic mass is 19.1. The number of fused-ring (bicyclic) bond motifs is 1. The number of hydrogen-bond donors (Lipinski definition) is 7. The van der Waals surface area contributed by atoms with Gasteiger partial charge in [-0.25, -0.2) is 9.37 Å². The standard InChI is InChI=1S/C27H32FN7O3/c28-20-14-32-27(34-22-13-17(31-10-9-29)11-15-3-1-6-19(15)22)35-26(20)33-21-7-8-23(36)24(37)25(21)38-18-5-2-4-16(30)12-18/h1,3,7-8,11,13-14,16,18,31,36-37H,2,4-6,9-10,12,29-30H2,(H2,32,33,34,35)/t16-,18+/m0/s1. The molecular weight excluding hydrogens is 489 g/mol. The van der Waals surface area contributed by atoms with Crippen molar-refractivity contribution < 1.29 is 19.3 Å². The first-order chi connectivity index (χ1) is 18.4. The van der Waals surface area contributed by atoms with E-state index >= 15 is 0 Å². The second-order valence-electron chi connectivity index (χ2n) is 9.53. The zero-order chi connectivity index (χ0) is 26.6. The van der Waals surface area contributed by atoms with Crippen LogP contribution in [0.3, 0.4) is 0 Å². The Labute approximate surface area is 219 Å². The first-order valence-electron chi connectivity index (χ1n) is 12.7. The molecule has 1 fully saturated rings. The van der Waals surface area contributed by atoms with E-state index in [1.165, 1.54) is 12.1 Å². The molecule has 0 amide bonds. The lowest BCUT2D eigenvalue weighted by Crippen LogP contribution is -2.33. The van der Waals surface area contributed by atoms with Gasteiger partial charge in [0, 0.05) is 30.5 Å². The molecule has 38 heavy (non-hydrogen) atoms. The molecule has 11 heteroatoms. The maximum Gasteiger partial charge on any atom is 0.229 e. The molecule has 10 nitrogen and oxygen atoms in total. The van der Waals surface area contributed by atoms with Gasteiger partial charge in [0.05, 0.1) is 11.9 Å². The molecule has 2 aliphatic rings. The molecule has 0 radical (unpaired) electrons.